The smallest absolute Gasteiger partial charge is 0.163 e. The van der Waals surface area contributed by atoms with E-state index in [1.54, 1.807) is 11.0 Å². The molecule has 5 nitrogen and oxygen atoms in total. The summed E-state index contributed by atoms with van der Waals surface area (Å²) >= 11 is 6.08. The van der Waals surface area contributed by atoms with Crippen molar-refractivity contribution in [1.82, 2.24) is 19.7 Å². The van der Waals surface area contributed by atoms with Gasteiger partial charge < -0.3 is 4.90 Å². The molecule has 0 saturated carbocycles. The summed E-state index contributed by atoms with van der Waals surface area (Å²) < 4.78 is 1.78. The Balaban J connectivity index is 2.07. The summed E-state index contributed by atoms with van der Waals surface area (Å²) in [7, 11) is 1.90. The third-order valence-corrected chi connectivity index (χ3v) is 3.94. The predicted molar refractivity (Wildman–Crippen MR) is 72.0 cm³/mol. The van der Waals surface area contributed by atoms with Gasteiger partial charge in [-0.05, 0) is 19.3 Å². The van der Waals surface area contributed by atoms with Crippen LogP contribution in [0.3, 0.4) is 0 Å². The first kappa shape index (κ1) is 11.7. The lowest BCUT2D eigenvalue weighted by atomic mass is 10.0. The number of halogens is 1. The van der Waals surface area contributed by atoms with E-state index in [1.165, 1.54) is 12.8 Å². The molecule has 1 aliphatic rings. The molecule has 3 rings (SSSR count). The van der Waals surface area contributed by atoms with Gasteiger partial charge in [-0.3, -0.25) is 4.68 Å². The SMILES string of the molecule is Cn1ncc2c(N3CCCCC3CCl)ncnc21. The Morgan fingerprint density at radius 2 is 2.28 bits per heavy atom. The minimum Gasteiger partial charge on any atom is -0.352 e. The maximum absolute atomic E-state index is 6.08. The Bertz CT molecular complexity index is 552. The van der Waals surface area contributed by atoms with Crippen molar-refractivity contribution in [3.63, 3.8) is 0 Å². The van der Waals surface area contributed by atoms with E-state index in [2.05, 4.69) is 20.0 Å². The van der Waals surface area contributed by atoms with E-state index in [-0.39, 0.29) is 0 Å². The summed E-state index contributed by atoms with van der Waals surface area (Å²) in [5.41, 5.74) is 0.874. The van der Waals surface area contributed by atoms with Crippen molar-refractivity contribution in [2.24, 2.45) is 7.05 Å². The second-order valence-corrected chi connectivity index (χ2v) is 5.01. The van der Waals surface area contributed by atoms with Crippen molar-refractivity contribution in [2.75, 3.05) is 17.3 Å². The molecular formula is C12H16ClN5. The summed E-state index contributed by atoms with van der Waals surface area (Å²) in [5, 5.41) is 5.27. The Hall–Kier alpha value is -1.36. The van der Waals surface area contributed by atoms with Gasteiger partial charge in [-0.2, -0.15) is 5.10 Å². The molecule has 96 valence electrons. The van der Waals surface area contributed by atoms with Gasteiger partial charge in [-0.1, -0.05) is 0 Å². The molecule has 1 fully saturated rings. The van der Waals surface area contributed by atoms with Gasteiger partial charge in [0, 0.05) is 25.5 Å². The first-order valence-corrected chi connectivity index (χ1v) is 6.80. The zero-order valence-electron chi connectivity index (χ0n) is 10.4. The number of alkyl halides is 1. The highest BCUT2D eigenvalue weighted by molar-refractivity contribution is 6.18. The van der Waals surface area contributed by atoms with Crippen molar-refractivity contribution in [2.45, 2.75) is 25.3 Å². The van der Waals surface area contributed by atoms with Crippen LogP contribution >= 0.6 is 11.6 Å². The van der Waals surface area contributed by atoms with E-state index < -0.39 is 0 Å². The minimum absolute atomic E-state index is 0.374. The molecule has 2 aromatic heterocycles. The van der Waals surface area contributed by atoms with Crippen LogP contribution in [0.5, 0.6) is 0 Å². The number of nitrogens with zero attached hydrogens (tertiary/aromatic N) is 5. The molecule has 1 atom stereocenters. The molecule has 0 aliphatic carbocycles. The molecule has 18 heavy (non-hydrogen) atoms. The first-order valence-electron chi connectivity index (χ1n) is 6.26. The maximum Gasteiger partial charge on any atom is 0.163 e. The van der Waals surface area contributed by atoms with Crippen LogP contribution in [-0.2, 0) is 7.05 Å². The number of hydrogen-bond donors (Lipinski definition) is 0. The second-order valence-electron chi connectivity index (χ2n) is 4.70. The lowest BCUT2D eigenvalue weighted by Crippen LogP contribution is -2.41. The summed E-state index contributed by atoms with van der Waals surface area (Å²) in [6.07, 6.45) is 7.02. The molecule has 0 spiro atoms. The number of aryl methyl sites for hydroxylation is 1. The van der Waals surface area contributed by atoms with E-state index in [0.29, 0.717) is 11.9 Å². The normalized spacial score (nSPS) is 20.6. The topological polar surface area (TPSA) is 46.8 Å². The minimum atomic E-state index is 0.374. The molecule has 0 radical (unpaired) electrons. The van der Waals surface area contributed by atoms with Crippen LogP contribution in [0.1, 0.15) is 19.3 Å². The molecule has 6 heteroatoms. The molecule has 0 aromatic carbocycles. The number of anilines is 1. The van der Waals surface area contributed by atoms with E-state index in [4.69, 9.17) is 11.6 Å². The highest BCUT2D eigenvalue weighted by Gasteiger charge is 2.25. The Labute approximate surface area is 111 Å². The van der Waals surface area contributed by atoms with Gasteiger partial charge in [0.05, 0.1) is 11.6 Å². The van der Waals surface area contributed by atoms with Crippen LogP contribution in [0.4, 0.5) is 5.82 Å². The van der Waals surface area contributed by atoms with Gasteiger partial charge in [0.1, 0.15) is 12.1 Å². The summed E-state index contributed by atoms with van der Waals surface area (Å²) in [6, 6.07) is 0.374. The Kier molecular flexibility index (Phi) is 3.07. The number of aromatic nitrogens is 4. The summed E-state index contributed by atoms with van der Waals surface area (Å²) in [4.78, 5) is 11.0. The largest absolute Gasteiger partial charge is 0.352 e. The molecule has 0 bridgehead atoms. The van der Waals surface area contributed by atoms with E-state index in [9.17, 15) is 0 Å². The lowest BCUT2D eigenvalue weighted by molar-refractivity contribution is 0.485. The van der Waals surface area contributed by atoms with Gasteiger partial charge in [-0.25, -0.2) is 9.97 Å². The standard InChI is InChI=1S/C12H16ClN5/c1-17-11-10(7-16-17)12(15-8-14-11)18-5-3-2-4-9(18)6-13/h7-9H,2-6H2,1H3. The third kappa shape index (κ3) is 1.82. The number of rotatable bonds is 2. The first-order chi connectivity index (χ1) is 8.81. The van der Waals surface area contributed by atoms with E-state index in [1.807, 2.05) is 13.2 Å². The van der Waals surface area contributed by atoms with Crippen LogP contribution in [0.2, 0.25) is 0 Å². The second kappa shape index (κ2) is 4.72. The van der Waals surface area contributed by atoms with E-state index >= 15 is 0 Å². The van der Waals surface area contributed by atoms with Crippen LogP contribution in [0.15, 0.2) is 12.5 Å². The zero-order chi connectivity index (χ0) is 12.5. The molecule has 2 aromatic rings. The van der Waals surface area contributed by atoms with Gasteiger partial charge in [0.25, 0.3) is 0 Å². The van der Waals surface area contributed by atoms with Gasteiger partial charge >= 0.3 is 0 Å². The molecular weight excluding hydrogens is 250 g/mol. The average Bonchev–Trinajstić information content (AvgIpc) is 2.81. The van der Waals surface area contributed by atoms with Crippen LogP contribution in [0.25, 0.3) is 11.0 Å². The molecule has 1 aliphatic heterocycles. The van der Waals surface area contributed by atoms with Crippen molar-refractivity contribution in [3.8, 4) is 0 Å². The zero-order valence-corrected chi connectivity index (χ0v) is 11.1. The summed E-state index contributed by atoms with van der Waals surface area (Å²) in [5.74, 6) is 1.62. The molecule has 1 unspecified atom stereocenters. The summed E-state index contributed by atoms with van der Waals surface area (Å²) in [6.45, 7) is 1.01. The van der Waals surface area contributed by atoms with Crippen molar-refractivity contribution in [1.29, 1.82) is 0 Å². The van der Waals surface area contributed by atoms with Gasteiger partial charge in [0.2, 0.25) is 0 Å². The van der Waals surface area contributed by atoms with Crippen molar-refractivity contribution in [3.05, 3.63) is 12.5 Å². The van der Waals surface area contributed by atoms with Crippen LogP contribution in [0, 0.1) is 0 Å². The monoisotopic (exact) mass is 265 g/mol. The number of fused-ring (bicyclic) bond motifs is 1. The molecule has 0 N–H and O–H groups in total. The highest BCUT2D eigenvalue weighted by atomic mass is 35.5. The fourth-order valence-electron chi connectivity index (χ4n) is 2.62. The fraction of sp³-hybridized carbons (Fsp3) is 0.583. The Morgan fingerprint density at radius 1 is 1.39 bits per heavy atom. The number of hydrogen-bond acceptors (Lipinski definition) is 4. The molecule has 0 amide bonds. The quantitative estimate of drug-likeness (QED) is 0.779. The Morgan fingerprint density at radius 3 is 3.11 bits per heavy atom. The lowest BCUT2D eigenvalue weighted by Gasteiger charge is -2.35. The van der Waals surface area contributed by atoms with Crippen molar-refractivity contribution >= 4 is 28.5 Å². The van der Waals surface area contributed by atoms with E-state index in [0.717, 1.165) is 29.8 Å². The average molecular weight is 266 g/mol. The van der Waals surface area contributed by atoms with Gasteiger partial charge in [-0.15, -0.1) is 11.6 Å². The third-order valence-electron chi connectivity index (χ3n) is 3.59. The molecule has 3 heterocycles. The van der Waals surface area contributed by atoms with Crippen LogP contribution < -0.4 is 4.90 Å². The fourth-order valence-corrected chi connectivity index (χ4v) is 2.94. The highest BCUT2D eigenvalue weighted by Crippen LogP contribution is 2.28. The maximum atomic E-state index is 6.08. The van der Waals surface area contributed by atoms with Crippen LogP contribution in [-0.4, -0.2) is 38.2 Å². The predicted octanol–water partition coefficient (Wildman–Crippen LogP) is 1.96. The van der Waals surface area contributed by atoms with Gasteiger partial charge in [0.15, 0.2) is 5.65 Å². The molecule has 1 saturated heterocycles. The number of piperidine rings is 1. The van der Waals surface area contributed by atoms with Crippen molar-refractivity contribution < 1.29 is 0 Å².